The fourth-order valence-corrected chi connectivity index (χ4v) is 3.18. The summed E-state index contributed by atoms with van der Waals surface area (Å²) in [5.41, 5.74) is 8.39. The average molecular weight is 323 g/mol. The molecule has 0 unspecified atom stereocenters. The number of hydrogen-bond donors (Lipinski definition) is 2. The van der Waals surface area contributed by atoms with E-state index in [2.05, 4.69) is 40.5 Å². The third kappa shape index (κ3) is 4.59. The first kappa shape index (κ1) is 16.5. The van der Waals surface area contributed by atoms with Gasteiger partial charge in [-0.2, -0.15) is 0 Å². The maximum Gasteiger partial charge on any atom is 0.251 e. The lowest BCUT2D eigenvalue weighted by Crippen LogP contribution is -2.45. The highest BCUT2D eigenvalue weighted by molar-refractivity contribution is 5.95. The van der Waals surface area contributed by atoms with Gasteiger partial charge in [0.2, 0.25) is 0 Å². The molecule has 0 atom stereocenters. The first-order chi connectivity index (χ1) is 11.7. The number of carbonyl (C=O) groups excluding carboxylic acids is 1. The second-order valence-corrected chi connectivity index (χ2v) is 6.45. The summed E-state index contributed by atoms with van der Waals surface area (Å²) in [7, 11) is 0. The summed E-state index contributed by atoms with van der Waals surface area (Å²) in [5.74, 6) is -0.0231. The molecule has 3 N–H and O–H groups in total. The third-order valence-electron chi connectivity index (χ3n) is 4.63. The smallest absolute Gasteiger partial charge is 0.251 e. The van der Waals surface area contributed by atoms with Crippen LogP contribution in [0.5, 0.6) is 0 Å². The maximum absolute atomic E-state index is 12.3. The molecule has 0 aromatic heterocycles. The van der Waals surface area contributed by atoms with Crippen molar-refractivity contribution in [2.75, 3.05) is 25.4 Å². The molecule has 3 rings (SSSR count). The number of nitrogen functional groups attached to an aromatic ring is 1. The van der Waals surface area contributed by atoms with Crippen LogP contribution in [0.1, 0.15) is 28.8 Å². The molecule has 24 heavy (non-hydrogen) atoms. The van der Waals surface area contributed by atoms with Gasteiger partial charge < -0.3 is 16.0 Å². The largest absolute Gasteiger partial charge is 0.399 e. The molecule has 0 spiro atoms. The highest BCUT2D eigenvalue weighted by atomic mass is 16.1. The van der Waals surface area contributed by atoms with Crippen molar-refractivity contribution in [3.8, 4) is 0 Å². The van der Waals surface area contributed by atoms with Crippen LogP contribution in [0.3, 0.4) is 0 Å². The molecular formula is C20H25N3O. The van der Waals surface area contributed by atoms with Gasteiger partial charge >= 0.3 is 0 Å². The molecule has 1 saturated heterocycles. The predicted octanol–water partition coefficient (Wildman–Crippen LogP) is 2.71. The summed E-state index contributed by atoms with van der Waals surface area (Å²) < 4.78 is 0. The standard InChI is InChI=1S/C20H25N3O/c21-18-8-4-7-17(15-18)20(24)22-19-10-13-23(14-11-19)12-9-16-5-2-1-3-6-16/h1-8,15,19H,9-14,21H2,(H,22,24). The van der Waals surface area contributed by atoms with Crippen LogP contribution in [-0.2, 0) is 6.42 Å². The van der Waals surface area contributed by atoms with Gasteiger partial charge in [-0.3, -0.25) is 4.79 Å². The van der Waals surface area contributed by atoms with Crippen LogP contribution in [-0.4, -0.2) is 36.5 Å². The average Bonchev–Trinajstić information content (AvgIpc) is 2.62. The fraction of sp³-hybridized carbons (Fsp3) is 0.350. The number of nitrogens with two attached hydrogens (primary N) is 1. The summed E-state index contributed by atoms with van der Waals surface area (Å²) in [6.45, 7) is 3.16. The number of carbonyl (C=O) groups is 1. The van der Waals surface area contributed by atoms with Crippen LogP contribution in [0.25, 0.3) is 0 Å². The van der Waals surface area contributed by atoms with Crippen molar-refractivity contribution >= 4 is 11.6 Å². The number of nitrogens with zero attached hydrogens (tertiary/aromatic N) is 1. The van der Waals surface area contributed by atoms with E-state index in [9.17, 15) is 4.79 Å². The van der Waals surface area contributed by atoms with Gasteiger partial charge in [-0.15, -0.1) is 0 Å². The normalized spacial score (nSPS) is 16.0. The van der Waals surface area contributed by atoms with Crippen molar-refractivity contribution < 1.29 is 4.79 Å². The summed E-state index contributed by atoms with van der Waals surface area (Å²) in [5, 5.41) is 3.14. The highest BCUT2D eigenvalue weighted by Crippen LogP contribution is 2.13. The van der Waals surface area contributed by atoms with E-state index in [1.165, 1.54) is 5.56 Å². The Morgan fingerprint density at radius 3 is 2.54 bits per heavy atom. The second kappa shape index (κ2) is 7.97. The monoisotopic (exact) mass is 323 g/mol. The first-order valence-electron chi connectivity index (χ1n) is 8.63. The Bertz CT molecular complexity index is 664. The molecule has 2 aromatic rings. The van der Waals surface area contributed by atoms with Crippen molar-refractivity contribution in [1.82, 2.24) is 10.2 Å². The quantitative estimate of drug-likeness (QED) is 0.832. The number of rotatable bonds is 5. The number of amides is 1. The van der Waals surface area contributed by atoms with Crippen molar-refractivity contribution in [2.24, 2.45) is 0 Å². The zero-order valence-electron chi connectivity index (χ0n) is 13.9. The van der Waals surface area contributed by atoms with E-state index >= 15 is 0 Å². The van der Waals surface area contributed by atoms with Crippen LogP contribution >= 0.6 is 0 Å². The topological polar surface area (TPSA) is 58.4 Å². The van der Waals surface area contributed by atoms with Crippen LogP contribution in [0.15, 0.2) is 54.6 Å². The SMILES string of the molecule is Nc1cccc(C(=O)NC2CCN(CCc3ccccc3)CC2)c1. The van der Waals surface area contributed by atoms with Gasteiger partial charge in [0.15, 0.2) is 0 Å². The van der Waals surface area contributed by atoms with Crippen LogP contribution < -0.4 is 11.1 Å². The Hall–Kier alpha value is -2.33. The summed E-state index contributed by atoms with van der Waals surface area (Å²) >= 11 is 0. The number of piperidine rings is 1. The molecule has 1 heterocycles. The molecule has 126 valence electrons. The van der Waals surface area contributed by atoms with E-state index < -0.39 is 0 Å². The lowest BCUT2D eigenvalue weighted by atomic mass is 10.0. The van der Waals surface area contributed by atoms with E-state index in [0.29, 0.717) is 11.3 Å². The minimum absolute atomic E-state index is 0.0231. The van der Waals surface area contributed by atoms with E-state index in [0.717, 1.165) is 38.9 Å². The van der Waals surface area contributed by atoms with Gasteiger partial charge in [0.05, 0.1) is 0 Å². The first-order valence-corrected chi connectivity index (χ1v) is 8.63. The number of nitrogens with one attached hydrogen (secondary N) is 1. The molecule has 1 amide bonds. The van der Waals surface area contributed by atoms with Gasteiger partial charge in [-0.25, -0.2) is 0 Å². The molecule has 0 aliphatic carbocycles. The van der Waals surface area contributed by atoms with E-state index in [4.69, 9.17) is 5.73 Å². The molecule has 0 saturated carbocycles. The molecule has 4 heteroatoms. The number of hydrogen-bond acceptors (Lipinski definition) is 3. The fourth-order valence-electron chi connectivity index (χ4n) is 3.18. The Morgan fingerprint density at radius 2 is 1.83 bits per heavy atom. The van der Waals surface area contributed by atoms with Crippen molar-refractivity contribution in [2.45, 2.75) is 25.3 Å². The summed E-state index contributed by atoms with van der Waals surface area (Å²) in [6, 6.07) is 18.0. The number of likely N-dealkylation sites (tertiary alicyclic amines) is 1. The molecule has 0 radical (unpaired) electrons. The molecule has 1 fully saturated rings. The Labute approximate surface area is 143 Å². The van der Waals surface area contributed by atoms with E-state index in [1.807, 2.05) is 6.07 Å². The van der Waals surface area contributed by atoms with Crippen molar-refractivity contribution in [3.63, 3.8) is 0 Å². The maximum atomic E-state index is 12.3. The van der Waals surface area contributed by atoms with Crippen LogP contribution in [0.2, 0.25) is 0 Å². The number of benzene rings is 2. The Morgan fingerprint density at radius 1 is 1.08 bits per heavy atom. The van der Waals surface area contributed by atoms with Gasteiger partial charge in [0, 0.05) is 36.9 Å². The van der Waals surface area contributed by atoms with Crippen molar-refractivity contribution in [3.05, 3.63) is 65.7 Å². The lowest BCUT2D eigenvalue weighted by molar-refractivity contribution is 0.0911. The lowest BCUT2D eigenvalue weighted by Gasteiger charge is -2.32. The van der Waals surface area contributed by atoms with Crippen LogP contribution in [0, 0.1) is 0 Å². The zero-order valence-corrected chi connectivity index (χ0v) is 13.9. The van der Waals surface area contributed by atoms with Crippen LogP contribution in [0.4, 0.5) is 5.69 Å². The van der Waals surface area contributed by atoms with Gasteiger partial charge in [-0.05, 0) is 43.0 Å². The molecule has 1 aliphatic heterocycles. The molecule has 0 bridgehead atoms. The van der Waals surface area contributed by atoms with E-state index in [-0.39, 0.29) is 11.9 Å². The van der Waals surface area contributed by atoms with E-state index in [1.54, 1.807) is 18.2 Å². The van der Waals surface area contributed by atoms with Gasteiger partial charge in [-0.1, -0.05) is 36.4 Å². The van der Waals surface area contributed by atoms with Gasteiger partial charge in [0.25, 0.3) is 5.91 Å². The molecule has 2 aromatic carbocycles. The number of anilines is 1. The highest BCUT2D eigenvalue weighted by Gasteiger charge is 2.20. The third-order valence-corrected chi connectivity index (χ3v) is 4.63. The molecular weight excluding hydrogens is 298 g/mol. The van der Waals surface area contributed by atoms with Gasteiger partial charge in [0.1, 0.15) is 0 Å². The molecule has 1 aliphatic rings. The summed E-state index contributed by atoms with van der Waals surface area (Å²) in [6.07, 6.45) is 3.09. The minimum atomic E-state index is -0.0231. The minimum Gasteiger partial charge on any atom is -0.399 e. The Kier molecular flexibility index (Phi) is 5.49. The Balaban J connectivity index is 1.43. The zero-order chi connectivity index (χ0) is 16.8. The summed E-state index contributed by atoms with van der Waals surface area (Å²) in [4.78, 5) is 14.8. The molecule has 4 nitrogen and oxygen atoms in total. The van der Waals surface area contributed by atoms with Crippen molar-refractivity contribution in [1.29, 1.82) is 0 Å². The second-order valence-electron chi connectivity index (χ2n) is 6.45. The predicted molar refractivity (Wildman–Crippen MR) is 97.9 cm³/mol.